The smallest absolute Gasteiger partial charge is 0.125 e. The van der Waals surface area contributed by atoms with Crippen molar-refractivity contribution in [3.8, 4) is 11.3 Å². The second-order valence-electron chi connectivity index (χ2n) is 4.96. The fraction of sp³-hybridized carbons (Fsp3) is 0.357. The SMILES string of the molecule is CN1CCNC(c2ncc(-c3cccc(F)c3)[nH]2)C1. The molecule has 1 aromatic heterocycles. The van der Waals surface area contributed by atoms with Crippen LogP contribution >= 0.6 is 0 Å². The summed E-state index contributed by atoms with van der Waals surface area (Å²) in [5, 5.41) is 3.43. The summed E-state index contributed by atoms with van der Waals surface area (Å²) in [6, 6.07) is 6.75. The van der Waals surface area contributed by atoms with Crippen LogP contribution in [0.25, 0.3) is 11.3 Å². The number of H-pyrrole nitrogens is 1. The number of nitrogens with one attached hydrogen (secondary N) is 2. The minimum absolute atomic E-state index is 0.209. The molecule has 0 saturated carbocycles. The first-order valence-electron chi connectivity index (χ1n) is 6.45. The number of rotatable bonds is 2. The maximum atomic E-state index is 13.2. The average Bonchev–Trinajstić information content (AvgIpc) is 2.88. The second-order valence-corrected chi connectivity index (χ2v) is 4.96. The van der Waals surface area contributed by atoms with Gasteiger partial charge >= 0.3 is 0 Å². The molecule has 3 rings (SSSR count). The van der Waals surface area contributed by atoms with Crippen molar-refractivity contribution in [1.82, 2.24) is 20.2 Å². The lowest BCUT2D eigenvalue weighted by atomic mass is 10.1. The predicted octanol–water partition coefficient (Wildman–Crippen LogP) is 1.79. The Morgan fingerprint density at radius 1 is 1.42 bits per heavy atom. The highest BCUT2D eigenvalue weighted by molar-refractivity contribution is 5.58. The fourth-order valence-corrected chi connectivity index (χ4v) is 2.40. The van der Waals surface area contributed by atoms with E-state index in [0.29, 0.717) is 0 Å². The number of aromatic nitrogens is 2. The fourth-order valence-electron chi connectivity index (χ4n) is 2.40. The molecule has 0 spiro atoms. The molecule has 1 unspecified atom stereocenters. The van der Waals surface area contributed by atoms with Gasteiger partial charge in [0, 0.05) is 25.2 Å². The summed E-state index contributed by atoms with van der Waals surface area (Å²) in [7, 11) is 2.10. The zero-order valence-corrected chi connectivity index (χ0v) is 10.9. The molecular weight excluding hydrogens is 243 g/mol. The molecule has 0 amide bonds. The molecule has 1 aliphatic rings. The number of nitrogens with zero attached hydrogens (tertiary/aromatic N) is 2. The summed E-state index contributed by atoms with van der Waals surface area (Å²) in [5.41, 5.74) is 1.67. The number of likely N-dealkylation sites (N-methyl/N-ethyl adjacent to an activating group) is 1. The van der Waals surface area contributed by atoms with E-state index in [0.717, 1.165) is 36.7 Å². The molecule has 0 bridgehead atoms. The summed E-state index contributed by atoms with van der Waals surface area (Å²) >= 11 is 0. The third-order valence-electron chi connectivity index (χ3n) is 3.44. The van der Waals surface area contributed by atoms with Crippen LogP contribution in [0.2, 0.25) is 0 Å². The molecule has 5 heteroatoms. The molecule has 2 aromatic rings. The first-order valence-corrected chi connectivity index (χ1v) is 6.45. The van der Waals surface area contributed by atoms with Gasteiger partial charge in [0.15, 0.2) is 0 Å². The Morgan fingerprint density at radius 3 is 3.11 bits per heavy atom. The zero-order valence-electron chi connectivity index (χ0n) is 10.9. The van der Waals surface area contributed by atoms with E-state index >= 15 is 0 Å². The van der Waals surface area contributed by atoms with Gasteiger partial charge in [0.1, 0.15) is 11.6 Å². The van der Waals surface area contributed by atoms with Crippen LogP contribution in [-0.2, 0) is 0 Å². The summed E-state index contributed by atoms with van der Waals surface area (Å²) in [4.78, 5) is 9.96. The number of halogens is 1. The van der Waals surface area contributed by atoms with Crippen molar-refractivity contribution in [2.45, 2.75) is 6.04 Å². The van der Waals surface area contributed by atoms with Gasteiger partial charge in [-0.05, 0) is 19.2 Å². The molecule has 0 aliphatic carbocycles. The van der Waals surface area contributed by atoms with Gasteiger partial charge in [-0.1, -0.05) is 12.1 Å². The van der Waals surface area contributed by atoms with E-state index in [9.17, 15) is 4.39 Å². The molecule has 4 nitrogen and oxygen atoms in total. The minimum Gasteiger partial charge on any atom is -0.341 e. The molecule has 1 aliphatic heterocycles. The number of imidazole rings is 1. The van der Waals surface area contributed by atoms with Crippen molar-refractivity contribution in [2.24, 2.45) is 0 Å². The van der Waals surface area contributed by atoms with Crippen LogP contribution in [0, 0.1) is 5.82 Å². The van der Waals surface area contributed by atoms with Crippen molar-refractivity contribution in [1.29, 1.82) is 0 Å². The molecule has 100 valence electrons. The topological polar surface area (TPSA) is 44.0 Å². The van der Waals surface area contributed by atoms with E-state index in [1.807, 2.05) is 6.07 Å². The van der Waals surface area contributed by atoms with Gasteiger partial charge in [0.25, 0.3) is 0 Å². The van der Waals surface area contributed by atoms with Crippen molar-refractivity contribution < 1.29 is 4.39 Å². The number of aromatic amines is 1. The Kier molecular flexibility index (Phi) is 3.31. The second kappa shape index (κ2) is 5.11. The van der Waals surface area contributed by atoms with Crippen LogP contribution in [0.1, 0.15) is 11.9 Å². The van der Waals surface area contributed by atoms with E-state index in [4.69, 9.17) is 0 Å². The van der Waals surface area contributed by atoms with Gasteiger partial charge < -0.3 is 15.2 Å². The van der Waals surface area contributed by atoms with Crippen molar-refractivity contribution in [3.05, 3.63) is 42.1 Å². The molecule has 2 N–H and O–H groups in total. The summed E-state index contributed by atoms with van der Waals surface area (Å²) in [5.74, 6) is 0.676. The highest BCUT2D eigenvalue weighted by atomic mass is 19.1. The molecule has 1 fully saturated rings. The standard InChI is InChI=1S/C14H17FN4/c1-19-6-5-16-13(9-19)14-17-8-12(18-14)10-3-2-4-11(15)7-10/h2-4,7-8,13,16H,5-6,9H2,1H3,(H,17,18). The highest BCUT2D eigenvalue weighted by Gasteiger charge is 2.20. The van der Waals surface area contributed by atoms with E-state index in [1.165, 1.54) is 12.1 Å². The van der Waals surface area contributed by atoms with Crippen LogP contribution < -0.4 is 5.32 Å². The van der Waals surface area contributed by atoms with E-state index in [-0.39, 0.29) is 11.9 Å². The molecule has 19 heavy (non-hydrogen) atoms. The molecule has 1 atom stereocenters. The Bertz CT molecular complexity index is 566. The van der Waals surface area contributed by atoms with Crippen molar-refractivity contribution in [3.63, 3.8) is 0 Å². The summed E-state index contributed by atoms with van der Waals surface area (Å²) in [6.07, 6.45) is 1.76. The van der Waals surface area contributed by atoms with E-state index < -0.39 is 0 Å². The average molecular weight is 260 g/mol. The van der Waals surface area contributed by atoms with Crippen LogP contribution in [0.3, 0.4) is 0 Å². The number of benzene rings is 1. The summed E-state index contributed by atoms with van der Waals surface area (Å²) in [6.45, 7) is 2.93. The Hall–Kier alpha value is -1.72. The van der Waals surface area contributed by atoms with Gasteiger partial charge in [-0.3, -0.25) is 0 Å². The van der Waals surface area contributed by atoms with Gasteiger partial charge in [-0.15, -0.1) is 0 Å². The molecule has 0 radical (unpaired) electrons. The van der Waals surface area contributed by atoms with Gasteiger partial charge in [-0.2, -0.15) is 0 Å². The lowest BCUT2D eigenvalue weighted by Gasteiger charge is -2.29. The highest BCUT2D eigenvalue weighted by Crippen LogP contribution is 2.21. The Morgan fingerprint density at radius 2 is 2.32 bits per heavy atom. The molecule has 2 heterocycles. The Balaban J connectivity index is 1.83. The number of hydrogen-bond donors (Lipinski definition) is 2. The van der Waals surface area contributed by atoms with Gasteiger partial charge in [-0.25, -0.2) is 9.37 Å². The normalized spacial score (nSPS) is 20.6. The first-order chi connectivity index (χ1) is 9.22. The number of hydrogen-bond acceptors (Lipinski definition) is 3. The van der Waals surface area contributed by atoms with Gasteiger partial charge in [0.05, 0.1) is 17.9 Å². The van der Waals surface area contributed by atoms with Crippen LogP contribution in [0.4, 0.5) is 4.39 Å². The zero-order chi connectivity index (χ0) is 13.2. The summed E-state index contributed by atoms with van der Waals surface area (Å²) < 4.78 is 13.2. The third-order valence-corrected chi connectivity index (χ3v) is 3.44. The lowest BCUT2D eigenvalue weighted by molar-refractivity contribution is 0.236. The molecule has 1 saturated heterocycles. The minimum atomic E-state index is -0.232. The quantitative estimate of drug-likeness (QED) is 0.865. The van der Waals surface area contributed by atoms with Crippen LogP contribution in [0.5, 0.6) is 0 Å². The van der Waals surface area contributed by atoms with Gasteiger partial charge in [0.2, 0.25) is 0 Å². The van der Waals surface area contributed by atoms with E-state index in [2.05, 4.69) is 27.2 Å². The Labute approximate surface area is 111 Å². The van der Waals surface area contributed by atoms with Crippen LogP contribution in [-0.4, -0.2) is 41.5 Å². The monoisotopic (exact) mass is 260 g/mol. The van der Waals surface area contributed by atoms with Crippen molar-refractivity contribution >= 4 is 0 Å². The van der Waals surface area contributed by atoms with Crippen LogP contribution in [0.15, 0.2) is 30.5 Å². The number of piperazine rings is 1. The lowest BCUT2D eigenvalue weighted by Crippen LogP contribution is -2.44. The maximum absolute atomic E-state index is 13.2. The third kappa shape index (κ3) is 2.67. The molecular formula is C14H17FN4. The first kappa shape index (κ1) is 12.3. The largest absolute Gasteiger partial charge is 0.341 e. The predicted molar refractivity (Wildman–Crippen MR) is 72.2 cm³/mol. The maximum Gasteiger partial charge on any atom is 0.125 e. The molecule has 1 aromatic carbocycles. The van der Waals surface area contributed by atoms with E-state index in [1.54, 1.807) is 12.3 Å². The van der Waals surface area contributed by atoms with Crippen molar-refractivity contribution in [2.75, 3.05) is 26.7 Å².